The number of urea groups is 1. The zero-order chi connectivity index (χ0) is 8.85. The fourth-order valence-electron chi connectivity index (χ4n) is 0.486. The molecule has 0 unspecified atom stereocenters. The maximum absolute atomic E-state index is 11.1. The first-order valence-corrected chi connectivity index (χ1v) is 3.53. The van der Waals surface area contributed by atoms with Crippen LogP contribution in [0.4, 0.5) is 4.79 Å². The molecule has 0 saturated heterocycles. The van der Waals surface area contributed by atoms with Gasteiger partial charge in [-0.1, -0.05) is 5.92 Å². The number of nitrogens with one attached hydrogen (secondary N) is 1. The summed E-state index contributed by atoms with van der Waals surface area (Å²) in [5, 5.41) is 2.56. The second-order valence-corrected chi connectivity index (χ2v) is 2.57. The van der Waals surface area contributed by atoms with Crippen molar-refractivity contribution in [3.05, 3.63) is 0 Å². The van der Waals surface area contributed by atoms with E-state index in [1.165, 1.54) is 0 Å². The molecule has 0 aromatic carbocycles. The van der Waals surface area contributed by atoms with Gasteiger partial charge in [-0.05, 0) is 13.8 Å². The predicted molar refractivity (Wildman–Crippen MR) is 45.1 cm³/mol. The quantitative estimate of drug-likeness (QED) is 0.582. The number of carbonyl (C=O) groups is 1. The van der Waals surface area contributed by atoms with E-state index in [2.05, 4.69) is 11.2 Å². The monoisotopic (exact) mass is 154 g/mol. The number of hydrogen-bond acceptors (Lipinski definition) is 1. The Morgan fingerprint density at radius 3 is 2.64 bits per heavy atom. The molecule has 0 atom stereocenters. The van der Waals surface area contributed by atoms with E-state index in [1.54, 1.807) is 11.9 Å². The van der Waals surface area contributed by atoms with E-state index in [0.29, 0.717) is 0 Å². The Morgan fingerprint density at radius 2 is 2.27 bits per heavy atom. The van der Waals surface area contributed by atoms with Gasteiger partial charge in [-0.2, -0.15) is 0 Å². The van der Waals surface area contributed by atoms with E-state index in [4.69, 9.17) is 6.42 Å². The van der Waals surface area contributed by atoms with Gasteiger partial charge >= 0.3 is 6.03 Å². The molecule has 0 radical (unpaired) electrons. The van der Waals surface area contributed by atoms with Crippen molar-refractivity contribution in [2.45, 2.75) is 19.9 Å². The van der Waals surface area contributed by atoms with Crippen LogP contribution in [0.3, 0.4) is 0 Å². The molecule has 11 heavy (non-hydrogen) atoms. The van der Waals surface area contributed by atoms with Crippen molar-refractivity contribution >= 4 is 6.03 Å². The standard InChI is InChI=1S/C8H14N2O/c1-5-6-9-8(11)10(4)7(2)3/h1,7H,6H2,2-4H3,(H,9,11). The molecule has 0 saturated carbocycles. The SMILES string of the molecule is C#CCNC(=O)N(C)C(C)C. The lowest BCUT2D eigenvalue weighted by Crippen LogP contribution is -2.41. The molecule has 0 aromatic rings. The highest BCUT2D eigenvalue weighted by atomic mass is 16.2. The average molecular weight is 154 g/mol. The van der Waals surface area contributed by atoms with Gasteiger partial charge in [0.1, 0.15) is 0 Å². The Morgan fingerprint density at radius 1 is 1.73 bits per heavy atom. The summed E-state index contributed by atoms with van der Waals surface area (Å²) in [4.78, 5) is 12.7. The van der Waals surface area contributed by atoms with Gasteiger partial charge in [-0.15, -0.1) is 6.42 Å². The molecule has 0 rings (SSSR count). The molecule has 0 aromatic heterocycles. The lowest BCUT2D eigenvalue weighted by atomic mass is 10.4. The minimum atomic E-state index is -0.127. The molecule has 0 aliphatic rings. The van der Waals surface area contributed by atoms with Gasteiger partial charge in [0.25, 0.3) is 0 Å². The van der Waals surface area contributed by atoms with Crippen molar-refractivity contribution in [1.29, 1.82) is 0 Å². The maximum Gasteiger partial charge on any atom is 0.318 e. The third kappa shape index (κ3) is 3.51. The molecule has 0 fully saturated rings. The van der Waals surface area contributed by atoms with Crippen molar-refractivity contribution in [3.8, 4) is 12.3 Å². The molecule has 0 aliphatic carbocycles. The zero-order valence-corrected chi connectivity index (χ0v) is 7.22. The largest absolute Gasteiger partial charge is 0.327 e. The minimum absolute atomic E-state index is 0.127. The van der Waals surface area contributed by atoms with Crippen LogP contribution in [0.2, 0.25) is 0 Å². The third-order valence-corrected chi connectivity index (χ3v) is 1.44. The van der Waals surface area contributed by atoms with Crippen LogP contribution >= 0.6 is 0 Å². The van der Waals surface area contributed by atoms with Crippen molar-refractivity contribution < 1.29 is 4.79 Å². The summed E-state index contributed by atoms with van der Waals surface area (Å²) in [6, 6.07) is 0.0747. The molecule has 1 N–H and O–H groups in total. The summed E-state index contributed by atoms with van der Waals surface area (Å²) in [5.41, 5.74) is 0. The molecular formula is C8H14N2O. The van der Waals surface area contributed by atoms with Crippen LogP contribution < -0.4 is 5.32 Å². The second kappa shape index (κ2) is 4.62. The van der Waals surface area contributed by atoms with Gasteiger partial charge in [-0.25, -0.2) is 4.79 Å². The normalized spacial score (nSPS) is 9.00. The van der Waals surface area contributed by atoms with Crippen LogP contribution in [0.25, 0.3) is 0 Å². The molecule has 0 bridgehead atoms. The Balaban J connectivity index is 3.76. The van der Waals surface area contributed by atoms with Crippen LogP contribution in [0.15, 0.2) is 0 Å². The van der Waals surface area contributed by atoms with Crippen molar-refractivity contribution in [2.24, 2.45) is 0 Å². The van der Waals surface area contributed by atoms with E-state index in [9.17, 15) is 4.79 Å². The Kier molecular flexibility index (Phi) is 4.12. The maximum atomic E-state index is 11.1. The minimum Gasteiger partial charge on any atom is -0.327 e. The molecule has 0 spiro atoms. The summed E-state index contributed by atoms with van der Waals surface area (Å²) < 4.78 is 0. The molecule has 3 heteroatoms. The van der Waals surface area contributed by atoms with Gasteiger partial charge < -0.3 is 10.2 Å². The summed E-state index contributed by atoms with van der Waals surface area (Å²) >= 11 is 0. The smallest absolute Gasteiger partial charge is 0.318 e. The van der Waals surface area contributed by atoms with Crippen LogP contribution in [-0.4, -0.2) is 30.6 Å². The van der Waals surface area contributed by atoms with Crippen LogP contribution in [-0.2, 0) is 0 Å². The number of hydrogen-bond donors (Lipinski definition) is 1. The molecule has 0 heterocycles. The molecule has 0 aliphatic heterocycles. The van der Waals surface area contributed by atoms with E-state index < -0.39 is 0 Å². The number of terminal acetylenes is 1. The molecule has 2 amide bonds. The van der Waals surface area contributed by atoms with Gasteiger partial charge in [0, 0.05) is 13.1 Å². The van der Waals surface area contributed by atoms with E-state index >= 15 is 0 Å². The Labute approximate surface area is 67.8 Å². The lowest BCUT2D eigenvalue weighted by molar-refractivity contribution is 0.199. The van der Waals surface area contributed by atoms with E-state index in [-0.39, 0.29) is 18.6 Å². The average Bonchev–Trinajstić information content (AvgIpc) is 1.98. The predicted octanol–water partition coefficient (Wildman–Crippen LogP) is 0.669. The van der Waals surface area contributed by atoms with Crippen molar-refractivity contribution in [1.82, 2.24) is 10.2 Å². The first-order valence-electron chi connectivity index (χ1n) is 3.53. The first-order chi connectivity index (χ1) is 5.09. The fourth-order valence-corrected chi connectivity index (χ4v) is 0.486. The number of carbonyl (C=O) groups excluding carboxylic acids is 1. The van der Waals surface area contributed by atoms with Crippen molar-refractivity contribution in [3.63, 3.8) is 0 Å². The summed E-state index contributed by atoms with van der Waals surface area (Å²) in [6.45, 7) is 4.17. The second-order valence-electron chi connectivity index (χ2n) is 2.57. The van der Waals surface area contributed by atoms with E-state index in [1.807, 2.05) is 13.8 Å². The fraction of sp³-hybridized carbons (Fsp3) is 0.625. The van der Waals surface area contributed by atoms with Crippen LogP contribution in [0, 0.1) is 12.3 Å². The Hall–Kier alpha value is -1.17. The highest BCUT2D eigenvalue weighted by Crippen LogP contribution is 1.92. The van der Waals surface area contributed by atoms with Gasteiger partial charge in [0.2, 0.25) is 0 Å². The number of rotatable bonds is 2. The molecule has 3 nitrogen and oxygen atoms in total. The Bertz CT molecular complexity index is 169. The summed E-state index contributed by atoms with van der Waals surface area (Å²) in [7, 11) is 1.73. The van der Waals surface area contributed by atoms with Crippen LogP contribution in [0.1, 0.15) is 13.8 Å². The van der Waals surface area contributed by atoms with E-state index in [0.717, 1.165) is 0 Å². The lowest BCUT2D eigenvalue weighted by Gasteiger charge is -2.20. The number of amides is 2. The van der Waals surface area contributed by atoms with Gasteiger partial charge in [-0.3, -0.25) is 0 Å². The van der Waals surface area contributed by atoms with Gasteiger partial charge in [0.15, 0.2) is 0 Å². The zero-order valence-electron chi connectivity index (χ0n) is 7.22. The highest BCUT2D eigenvalue weighted by Gasteiger charge is 2.09. The highest BCUT2D eigenvalue weighted by molar-refractivity contribution is 5.74. The molecular weight excluding hydrogens is 140 g/mol. The summed E-state index contributed by atoms with van der Waals surface area (Å²) in [5.74, 6) is 2.33. The number of nitrogens with zero attached hydrogens (tertiary/aromatic N) is 1. The van der Waals surface area contributed by atoms with Crippen LogP contribution in [0.5, 0.6) is 0 Å². The first kappa shape index (κ1) is 9.83. The van der Waals surface area contributed by atoms with Gasteiger partial charge in [0.05, 0.1) is 6.54 Å². The third-order valence-electron chi connectivity index (χ3n) is 1.44. The topological polar surface area (TPSA) is 32.3 Å². The summed E-state index contributed by atoms with van der Waals surface area (Å²) in [6.07, 6.45) is 4.97. The van der Waals surface area contributed by atoms with Crippen molar-refractivity contribution in [2.75, 3.05) is 13.6 Å². The molecule has 62 valence electrons.